The van der Waals surface area contributed by atoms with Gasteiger partial charge < -0.3 is 24.2 Å². The largest absolute Gasteiger partial charge is 0.465 e. The van der Waals surface area contributed by atoms with E-state index < -0.39 is 5.97 Å². The second-order valence-corrected chi connectivity index (χ2v) is 9.47. The topological polar surface area (TPSA) is 105 Å². The van der Waals surface area contributed by atoms with Gasteiger partial charge in [-0.15, -0.1) is 0 Å². The predicted molar refractivity (Wildman–Crippen MR) is 120 cm³/mol. The Hall–Kier alpha value is -2.94. The number of piperazine rings is 1. The van der Waals surface area contributed by atoms with Crippen molar-refractivity contribution in [3.8, 4) is 0 Å². The molecule has 3 aliphatic rings. The zero-order chi connectivity index (χ0) is 23.3. The molecule has 0 radical (unpaired) electrons. The fourth-order valence-corrected chi connectivity index (χ4v) is 5.18. The van der Waals surface area contributed by atoms with Gasteiger partial charge >= 0.3 is 5.97 Å². The molecule has 2 heterocycles. The monoisotopic (exact) mass is 454 g/mol. The van der Waals surface area contributed by atoms with Gasteiger partial charge in [-0.2, -0.15) is 0 Å². The zero-order valence-corrected chi connectivity index (χ0v) is 19.1. The third-order valence-electron chi connectivity index (χ3n) is 7.31. The molecule has 5 rings (SSSR count). The number of amides is 2. The standard InChI is InChI=1S/C24H30N4O5/c1-26-19-12-15(14-3-4-14)11-18(24(32)33-2)21(19)25-22(26)23(31)27-9-10-28(20(30)13-27)16-5-7-17(29)8-6-16/h11-12,14,16-17,29H,3-10,13H2,1-2H3. The van der Waals surface area contributed by atoms with Gasteiger partial charge in [0.2, 0.25) is 5.91 Å². The summed E-state index contributed by atoms with van der Waals surface area (Å²) in [6, 6.07) is 3.97. The lowest BCUT2D eigenvalue weighted by Gasteiger charge is -2.41. The number of hydrogen-bond acceptors (Lipinski definition) is 6. The maximum atomic E-state index is 13.4. The Bertz CT molecular complexity index is 1110. The highest BCUT2D eigenvalue weighted by atomic mass is 16.5. The first-order valence-corrected chi connectivity index (χ1v) is 11.7. The minimum absolute atomic E-state index is 0.0122. The number of methoxy groups -OCH3 is 1. The second-order valence-electron chi connectivity index (χ2n) is 9.47. The number of imidazole rings is 1. The molecule has 176 valence electrons. The van der Waals surface area contributed by atoms with Gasteiger partial charge in [-0.3, -0.25) is 9.59 Å². The van der Waals surface area contributed by atoms with Crippen molar-refractivity contribution in [2.24, 2.45) is 7.05 Å². The Morgan fingerprint density at radius 3 is 2.45 bits per heavy atom. The number of nitrogens with zero attached hydrogens (tertiary/aromatic N) is 4. The van der Waals surface area contributed by atoms with Crippen molar-refractivity contribution in [2.45, 2.75) is 56.6 Å². The van der Waals surface area contributed by atoms with Crippen molar-refractivity contribution in [3.63, 3.8) is 0 Å². The maximum Gasteiger partial charge on any atom is 0.340 e. The number of benzene rings is 1. The second kappa shape index (κ2) is 8.44. The van der Waals surface area contributed by atoms with E-state index in [0.29, 0.717) is 48.4 Å². The summed E-state index contributed by atoms with van der Waals surface area (Å²) in [4.78, 5) is 46.6. The molecule has 9 nitrogen and oxygen atoms in total. The number of fused-ring (bicyclic) bond motifs is 1. The normalized spacial score (nSPS) is 23.8. The summed E-state index contributed by atoms with van der Waals surface area (Å²) in [7, 11) is 3.11. The lowest BCUT2D eigenvalue weighted by atomic mass is 9.91. The van der Waals surface area contributed by atoms with Crippen LogP contribution in [0.3, 0.4) is 0 Å². The molecule has 33 heavy (non-hydrogen) atoms. The van der Waals surface area contributed by atoms with Gasteiger partial charge in [-0.25, -0.2) is 9.78 Å². The summed E-state index contributed by atoms with van der Waals surface area (Å²) in [6.07, 6.45) is 4.91. The minimum Gasteiger partial charge on any atom is -0.465 e. The molecule has 2 saturated carbocycles. The minimum atomic E-state index is -0.471. The van der Waals surface area contributed by atoms with Crippen LogP contribution in [0.4, 0.5) is 0 Å². The third-order valence-corrected chi connectivity index (χ3v) is 7.31. The number of carbonyl (C=O) groups excluding carboxylic acids is 3. The number of carbonyl (C=O) groups is 3. The molecule has 1 saturated heterocycles. The van der Waals surface area contributed by atoms with Gasteiger partial charge in [0, 0.05) is 26.2 Å². The molecule has 2 amide bonds. The lowest BCUT2D eigenvalue weighted by molar-refractivity contribution is -0.138. The van der Waals surface area contributed by atoms with Gasteiger partial charge in [0.15, 0.2) is 5.82 Å². The molecular formula is C24H30N4O5. The van der Waals surface area contributed by atoms with E-state index in [2.05, 4.69) is 4.98 Å². The van der Waals surface area contributed by atoms with Crippen LogP contribution in [-0.2, 0) is 16.6 Å². The van der Waals surface area contributed by atoms with E-state index in [1.54, 1.807) is 11.6 Å². The van der Waals surface area contributed by atoms with E-state index in [-0.39, 0.29) is 36.3 Å². The van der Waals surface area contributed by atoms with E-state index in [9.17, 15) is 19.5 Å². The van der Waals surface area contributed by atoms with Crippen molar-refractivity contribution in [3.05, 3.63) is 29.1 Å². The molecule has 9 heteroatoms. The molecule has 0 atom stereocenters. The Morgan fingerprint density at radius 2 is 1.82 bits per heavy atom. The summed E-state index contributed by atoms with van der Waals surface area (Å²) < 4.78 is 6.68. The summed E-state index contributed by atoms with van der Waals surface area (Å²) in [5.74, 6) is -0.213. The van der Waals surface area contributed by atoms with Crippen molar-refractivity contribution in [1.82, 2.24) is 19.4 Å². The van der Waals surface area contributed by atoms with Crippen LogP contribution in [0, 0.1) is 0 Å². The summed E-state index contributed by atoms with van der Waals surface area (Å²) >= 11 is 0. The maximum absolute atomic E-state index is 13.4. The molecule has 1 aromatic carbocycles. The van der Waals surface area contributed by atoms with Crippen LogP contribution in [0.15, 0.2) is 12.1 Å². The number of hydrogen-bond donors (Lipinski definition) is 1. The van der Waals surface area contributed by atoms with Crippen LogP contribution in [0.1, 0.15) is 71.0 Å². The first kappa shape index (κ1) is 21.9. The Labute approximate surface area is 192 Å². The van der Waals surface area contributed by atoms with Crippen molar-refractivity contribution in [2.75, 3.05) is 26.7 Å². The van der Waals surface area contributed by atoms with E-state index >= 15 is 0 Å². The average Bonchev–Trinajstić information content (AvgIpc) is 3.62. The van der Waals surface area contributed by atoms with Gasteiger partial charge in [-0.05, 0) is 62.1 Å². The number of aliphatic hydroxyl groups excluding tert-OH is 1. The van der Waals surface area contributed by atoms with E-state index in [4.69, 9.17) is 4.74 Å². The molecule has 1 N–H and O–H groups in total. The Morgan fingerprint density at radius 1 is 1.09 bits per heavy atom. The molecule has 2 aromatic rings. The van der Waals surface area contributed by atoms with Crippen molar-refractivity contribution < 1.29 is 24.2 Å². The Balaban J connectivity index is 1.39. The number of aryl methyl sites for hydroxylation is 1. The summed E-state index contributed by atoms with van der Waals surface area (Å²) in [5.41, 5.74) is 2.59. The van der Waals surface area contributed by atoms with Crippen LogP contribution in [0.25, 0.3) is 11.0 Å². The number of aromatic nitrogens is 2. The van der Waals surface area contributed by atoms with Crippen LogP contribution in [-0.4, -0.2) is 81.1 Å². The zero-order valence-electron chi connectivity index (χ0n) is 19.1. The molecule has 2 aliphatic carbocycles. The quantitative estimate of drug-likeness (QED) is 0.707. The third kappa shape index (κ3) is 3.99. The molecule has 1 aliphatic heterocycles. The van der Waals surface area contributed by atoms with E-state index in [1.807, 2.05) is 17.0 Å². The van der Waals surface area contributed by atoms with E-state index in [1.165, 1.54) is 12.0 Å². The fourth-order valence-electron chi connectivity index (χ4n) is 5.18. The molecule has 0 spiro atoms. The predicted octanol–water partition coefficient (Wildman–Crippen LogP) is 1.83. The van der Waals surface area contributed by atoms with Crippen LogP contribution in [0.5, 0.6) is 0 Å². The van der Waals surface area contributed by atoms with Gasteiger partial charge in [-0.1, -0.05) is 0 Å². The summed E-state index contributed by atoms with van der Waals surface area (Å²) in [6.45, 7) is 0.927. The highest BCUT2D eigenvalue weighted by Gasteiger charge is 2.35. The number of ether oxygens (including phenoxy) is 1. The van der Waals surface area contributed by atoms with Crippen LogP contribution >= 0.6 is 0 Å². The van der Waals surface area contributed by atoms with Crippen molar-refractivity contribution in [1.29, 1.82) is 0 Å². The molecule has 0 unspecified atom stereocenters. The van der Waals surface area contributed by atoms with Crippen LogP contribution in [0.2, 0.25) is 0 Å². The SMILES string of the molecule is COC(=O)c1cc(C2CC2)cc2c1nc(C(=O)N1CCN(C3CCC(O)CC3)C(=O)C1)n2C. The van der Waals surface area contributed by atoms with Crippen LogP contribution < -0.4 is 0 Å². The molecule has 3 fully saturated rings. The fraction of sp³-hybridized carbons (Fsp3) is 0.583. The first-order chi connectivity index (χ1) is 15.9. The van der Waals surface area contributed by atoms with Gasteiger partial charge in [0.25, 0.3) is 5.91 Å². The highest BCUT2D eigenvalue weighted by molar-refractivity contribution is 6.05. The smallest absolute Gasteiger partial charge is 0.340 e. The molecule has 0 bridgehead atoms. The Kier molecular flexibility index (Phi) is 5.60. The average molecular weight is 455 g/mol. The van der Waals surface area contributed by atoms with Gasteiger partial charge in [0.05, 0.1) is 24.3 Å². The van der Waals surface area contributed by atoms with Gasteiger partial charge in [0.1, 0.15) is 12.1 Å². The number of esters is 1. The number of rotatable bonds is 4. The molecule has 1 aromatic heterocycles. The first-order valence-electron chi connectivity index (χ1n) is 11.7. The molecular weight excluding hydrogens is 424 g/mol. The van der Waals surface area contributed by atoms with E-state index in [0.717, 1.165) is 31.2 Å². The summed E-state index contributed by atoms with van der Waals surface area (Å²) in [5, 5.41) is 9.74. The number of aliphatic hydroxyl groups is 1. The van der Waals surface area contributed by atoms with Crippen molar-refractivity contribution >= 4 is 28.8 Å². The lowest BCUT2D eigenvalue weighted by Crippen LogP contribution is -2.56. The highest BCUT2D eigenvalue weighted by Crippen LogP contribution is 2.42.